The molecule has 19 heavy (non-hydrogen) atoms. The minimum atomic E-state index is 0.557. The van der Waals surface area contributed by atoms with E-state index in [0.29, 0.717) is 6.10 Å². The maximum Gasteiger partial charge on any atom is 0.0579 e. The Morgan fingerprint density at radius 3 is 2.68 bits per heavy atom. The van der Waals surface area contributed by atoms with E-state index in [4.69, 9.17) is 4.74 Å². The summed E-state index contributed by atoms with van der Waals surface area (Å²) < 4.78 is 5.88. The van der Waals surface area contributed by atoms with Crippen LogP contribution in [0.15, 0.2) is 0 Å². The summed E-state index contributed by atoms with van der Waals surface area (Å²) in [5, 5.41) is 3.80. The van der Waals surface area contributed by atoms with E-state index in [1.165, 1.54) is 51.5 Å². The highest BCUT2D eigenvalue weighted by molar-refractivity contribution is 4.88. The summed E-state index contributed by atoms with van der Waals surface area (Å²) in [6.07, 6.45) is 9.88. The summed E-state index contributed by atoms with van der Waals surface area (Å²) in [6.45, 7) is 9.24. The van der Waals surface area contributed by atoms with Gasteiger partial charge in [-0.15, -0.1) is 0 Å². The van der Waals surface area contributed by atoms with Crippen LogP contribution in [-0.4, -0.2) is 25.3 Å². The van der Waals surface area contributed by atoms with Crippen molar-refractivity contribution in [2.24, 2.45) is 17.8 Å². The van der Waals surface area contributed by atoms with Crippen molar-refractivity contribution in [3.8, 4) is 0 Å². The molecule has 1 heterocycles. The number of hydrogen-bond donors (Lipinski definition) is 1. The fourth-order valence-electron chi connectivity index (χ4n) is 3.93. The normalized spacial score (nSPS) is 36.0. The van der Waals surface area contributed by atoms with Crippen molar-refractivity contribution in [1.82, 2.24) is 5.32 Å². The summed E-state index contributed by atoms with van der Waals surface area (Å²) in [5.41, 5.74) is 0. The maximum absolute atomic E-state index is 5.88. The average molecular weight is 267 g/mol. The Morgan fingerprint density at radius 2 is 2.05 bits per heavy atom. The second-order valence-corrected chi connectivity index (χ2v) is 7.01. The molecular formula is C17H33NO. The SMILES string of the molecule is CCCNC1CCC(C(C)C)CC1CC1CCCO1. The Labute approximate surface area is 119 Å². The molecule has 2 aliphatic rings. The van der Waals surface area contributed by atoms with E-state index < -0.39 is 0 Å². The fourth-order valence-corrected chi connectivity index (χ4v) is 3.93. The summed E-state index contributed by atoms with van der Waals surface area (Å²) in [5.74, 6) is 2.63. The molecule has 1 aliphatic carbocycles. The predicted molar refractivity (Wildman–Crippen MR) is 81.3 cm³/mol. The van der Waals surface area contributed by atoms with Crippen molar-refractivity contribution in [2.45, 2.75) is 77.9 Å². The Bertz CT molecular complexity index is 246. The van der Waals surface area contributed by atoms with E-state index in [0.717, 1.165) is 30.4 Å². The zero-order valence-corrected chi connectivity index (χ0v) is 13.2. The van der Waals surface area contributed by atoms with Crippen LogP contribution in [0.2, 0.25) is 0 Å². The van der Waals surface area contributed by atoms with E-state index in [9.17, 15) is 0 Å². The molecule has 1 aliphatic heterocycles. The molecular weight excluding hydrogens is 234 g/mol. The van der Waals surface area contributed by atoms with Gasteiger partial charge in [-0.05, 0) is 69.2 Å². The van der Waals surface area contributed by atoms with Crippen LogP contribution in [0.1, 0.15) is 65.7 Å². The lowest BCUT2D eigenvalue weighted by atomic mass is 9.71. The van der Waals surface area contributed by atoms with Crippen molar-refractivity contribution >= 4 is 0 Å². The summed E-state index contributed by atoms with van der Waals surface area (Å²) in [6, 6.07) is 0.749. The van der Waals surface area contributed by atoms with Crippen molar-refractivity contribution < 1.29 is 4.74 Å². The van der Waals surface area contributed by atoms with Crippen LogP contribution in [-0.2, 0) is 4.74 Å². The van der Waals surface area contributed by atoms with Gasteiger partial charge in [0.25, 0.3) is 0 Å². The van der Waals surface area contributed by atoms with Gasteiger partial charge in [-0.25, -0.2) is 0 Å². The molecule has 2 nitrogen and oxygen atoms in total. The highest BCUT2D eigenvalue weighted by atomic mass is 16.5. The van der Waals surface area contributed by atoms with Gasteiger partial charge >= 0.3 is 0 Å². The molecule has 0 spiro atoms. The number of hydrogen-bond acceptors (Lipinski definition) is 2. The third-order valence-corrected chi connectivity index (χ3v) is 5.21. The number of ether oxygens (including phenoxy) is 1. The Hall–Kier alpha value is -0.0800. The number of rotatable bonds is 6. The minimum absolute atomic E-state index is 0.557. The van der Waals surface area contributed by atoms with E-state index in [-0.39, 0.29) is 0 Å². The molecule has 2 rings (SSSR count). The molecule has 0 aromatic heterocycles. The molecule has 0 aromatic rings. The summed E-state index contributed by atoms with van der Waals surface area (Å²) in [4.78, 5) is 0. The fraction of sp³-hybridized carbons (Fsp3) is 1.00. The average Bonchev–Trinajstić information content (AvgIpc) is 2.90. The lowest BCUT2D eigenvalue weighted by Crippen LogP contribution is -2.43. The summed E-state index contributed by atoms with van der Waals surface area (Å²) >= 11 is 0. The van der Waals surface area contributed by atoms with Crippen LogP contribution >= 0.6 is 0 Å². The van der Waals surface area contributed by atoms with Crippen molar-refractivity contribution in [1.29, 1.82) is 0 Å². The number of nitrogens with one attached hydrogen (secondary N) is 1. The highest BCUT2D eigenvalue weighted by Crippen LogP contribution is 2.37. The molecule has 0 aromatic carbocycles. The molecule has 112 valence electrons. The Kier molecular flexibility index (Phi) is 6.15. The van der Waals surface area contributed by atoms with Gasteiger partial charge in [0.2, 0.25) is 0 Å². The van der Waals surface area contributed by atoms with Gasteiger partial charge in [-0.2, -0.15) is 0 Å². The molecule has 1 N–H and O–H groups in total. The third-order valence-electron chi connectivity index (χ3n) is 5.21. The van der Waals surface area contributed by atoms with Crippen LogP contribution in [0.4, 0.5) is 0 Å². The zero-order chi connectivity index (χ0) is 13.7. The van der Waals surface area contributed by atoms with E-state index in [1.807, 2.05) is 0 Å². The second-order valence-electron chi connectivity index (χ2n) is 7.01. The smallest absolute Gasteiger partial charge is 0.0579 e. The van der Waals surface area contributed by atoms with Gasteiger partial charge < -0.3 is 10.1 Å². The molecule has 1 saturated carbocycles. The molecule has 4 unspecified atom stereocenters. The van der Waals surface area contributed by atoms with E-state index >= 15 is 0 Å². The molecule has 4 atom stereocenters. The van der Waals surface area contributed by atoms with Gasteiger partial charge in [0, 0.05) is 12.6 Å². The maximum atomic E-state index is 5.88. The quantitative estimate of drug-likeness (QED) is 0.785. The van der Waals surface area contributed by atoms with Crippen molar-refractivity contribution in [3.63, 3.8) is 0 Å². The molecule has 2 heteroatoms. The molecule has 2 fully saturated rings. The van der Waals surface area contributed by atoms with Crippen LogP contribution in [0, 0.1) is 17.8 Å². The third kappa shape index (κ3) is 4.46. The topological polar surface area (TPSA) is 21.3 Å². The van der Waals surface area contributed by atoms with Gasteiger partial charge in [0.1, 0.15) is 0 Å². The standard InChI is InChI=1S/C17H33NO/c1-4-9-18-17-8-7-14(13(2)3)11-15(17)12-16-6-5-10-19-16/h13-18H,4-12H2,1-3H3. The van der Waals surface area contributed by atoms with Crippen LogP contribution in [0.3, 0.4) is 0 Å². The van der Waals surface area contributed by atoms with E-state index in [1.54, 1.807) is 0 Å². The molecule has 0 amide bonds. The summed E-state index contributed by atoms with van der Waals surface area (Å²) in [7, 11) is 0. The second kappa shape index (κ2) is 7.64. The van der Waals surface area contributed by atoms with Gasteiger partial charge in [-0.3, -0.25) is 0 Å². The van der Waals surface area contributed by atoms with Crippen molar-refractivity contribution in [2.75, 3.05) is 13.2 Å². The largest absolute Gasteiger partial charge is 0.378 e. The minimum Gasteiger partial charge on any atom is -0.378 e. The first-order valence-electron chi connectivity index (χ1n) is 8.55. The molecule has 1 saturated heterocycles. The van der Waals surface area contributed by atoms with Gasteiger partial charge in [-0.1, -0.05) is 20.8 Å². The lowest BCUT2D eigenvalue weighted by Gasteiger charge is -2.39. The Balaban J connectivity index is 1.89. The zero-order valence-electron chi connectivity index (χ0n) is 13.2. The van der Waals surface area contributed by atoms with Crippen LogP contribution < -0.4 is 5.32 Å². The highest BCUT2D eigenvalue weighted by Gasteiger charge is 2.33. The predicted octanol–water partition coefficient (Wildman–Crippen LogP) is 4.00. The first-order valence-corrected chi connectivity index (χ1v) is 8.55. The van der Waals surface area contributed by atoms with Crippen molar-refractivity contribution in [3.05, 3.63) is 0 Å². The first kappa shape index (κ1) is 15.3. The first-order chi connectivity index (χ1) is 9.20. The van der Waals surface area contributed by atoms with Gasteiger partial charge in [0.05, 0.1) is 6.10 Å². The molecule has 0 radical (unpaired) electrons. The van der Waals surface area contributed by atoms with Crippen LogP contribution in [0.25, 0.3) is 0 Å². The van der Waals surface area contributed by atoms with Crippen LogP contribution in [0.5, 0.6) is 0 Å². The van der Waals surface area contributed by atoms with Gasteiger partial charge in [0.15, 0.2) is 0 Å². The molecule has 0 bridgehead atoms. The lowest BCUT2D eigenvalue weighted by molar-refractivity contribution is 0.0620. The van der Waals surface area contributed by atoms with E-state index in [2.05, 4.69) is 26.1 Å². The monoisotopic (exact) mass is 267 g/mol. The Morgan fingerprint density at radius 1 is 1.21 bits per heavy atom.